The summed E-state index contributed by atoms with van der Waals surface area (Å²) in [6.45, 7) is 9.58. The Morgan fingerprint density at radius 3 is 2.33 bits per heavy atom. The molecular formula is C19H29N3O2. The Balaban J connectivity index is 1.47. The second kappa shape index (κ2) is 8.10. The Hall–Kier alpha value is -1.43. The first-order chi connectivity index (χ1) is 11.6. The first-order valence-corrected chi connectivity index (χ1v) is 9.07. The summed E-state index contributed by atoms with van der Waals surface area (Å²) in [6, 6.07) is 8.25. The second-order valence-electron chi connectivity index (χ2n) is 7.18. The number of nitrogens with zero attached hydrogens (tertiary/aromatic N) is 2. The summed E-state index contributed by atoms with van der Waals surface area (Å²) in [5, 5.41) is 3.00. The van der Waals surface area contributed by atoms with E-state index < -0.39 is 0 Å². The number of anilines is 1. The number of ether oxygens (including phenoxy) is 1. The number of rotatable bonds is 5. The van der Waals surface area contributed by atoms with Crippen LogP contribution in [0, 0.1) is 0 Å². The van der Waals surface area contributed by atoms with E-state index in [-0.39, 0.29) is 18.1 Å². The summed E-state index contributed by atoms with van der Waals surface area (Å²) in [5.74, 6) is 0.0450. The summed E-state index contributed by atoms with van der Waals surface area (Å²) in [4.78, 5) is 16.9. The van der Waals surface area contributed by atoms with Gasteiger partial charge in [-0.05, 0) is 57.5 Å². The molecule has 0 saturated carbocycles. The van der Waals surface area contributed by atoms with Crippen molar-refractivity contribution in [2.75, 3.05) is 38.0 Å². The van der Waals surface area contributed by atoms with E-state index in [1.165, 1.54) is 31.5 Å². The number of benzene rings is 1. The Bertz CT molecular complexity index is 530. The van der Waals surface area contributed by atoms with E-state index in [4.69, 9.17) is 4.74 Å². The summed E-state index contributed by atoms with van der Waals surface area (Å²) in [7, 11) is 0. The van der Waals surface area contributed by atoms with E-state index in [0.29, 0.717) is 6.54 Å². The number of hydrogen-bond donors (Lipinski definition) is 1. The van der Waals surface area contributed by atoms with Crippen LogP contribution in [0.3, 0.4) is 0 Å². The van der Waals surface area contributed by atoms with Gasteiger partial charge in [0.05, 0.1) is 18.8 Å². The van der Waals surface area contributed by atoms with Crippen molar-refractivity contribution in [1.82, 2.24) is 9.80 Å². The standard InChI is InChI=1S/C19H29N3O2/c1-15-11-22(12-16(2)24-15)14-19(23)20-18-7-5-17(6-8-18)13-21-9-3-4-10-21/h5-8,15-16H,3-4,9-14H2,1-2H3,(H,20,23)/t15-,16-/m1/s1. The fourth-order valence-electron chi connectivity index (χ4n) is 3.71. The molecule has 132 valence electrons. The molecule has 1 amide bonds. The van der Waals surface area contributed by atoms with Crippen LogP contribution < -0.4 is 5.32 Å². The Morgan fingerprint density at radius 2 is 1.71 bits per heavy atom. The van der Waals surface area contributed by atoms with Gasteiger partial charge in [-0.2, -0.15) is 0 Å². The molecule has 0 spiro atoms. The minimum atomic E-state index is 0.0450. The largest absolute Gasteiger partial charge is 0.373 e. The summed E-state index contributed by atoms with van der Waals surface area (Å²) >= 11 is 0. The molecule has 3 rings (SSSR count). The van der Waals surface area contributed by atoms with Crippen molar-refractivity contribution in [3.63, 3.8) is 0 Å². The van der Waals surface area contributed by atoms with Crippen LogP contribution in [-0.4, -0.2) is 60.6 Å². The maximum Gasteiger partial charge on any atom is 0.238 e. The molecule has 1 N–H and O–H groups in total. The summed E-state index contributed by atoms with van der Waals surface area (Å²) in [5.41, 5.74) is 2.19. The monoisotopic (exact) mass is 331 g/mol. The fraction of sp³-hybridized carbons (Fsp3) is 0.632. The van der Waals surface area contributed by atoms with Crippen molar-refractivity contribution in [3.8, 4) is 0 Å². The van der Waals surface area contributed by atoms with E-state index in [1.54, 1.807) is 0 Å². The number of hydrogen-bond acceptors (Lipinski definition) is 4. The molecular weight excluding hydrogens is 302 g/mol. The molecule has 0 bridgehead atoms. The zero-order chi connectivity index (χ0) is 16.9. The molecule has 0 radical (unpaired) electrons. The lowest BCUT2D eigenvalue weighted by atomic mass is 10.2. The maximum atomic E-state index is 12.3. The van der Waals surface area contributed by atoms with E-state index in [9.17, 15) is 4.79 Å². The van der Waals surface area contributed by atoms with E-state index >= 15 is 0 Å². The van der Waals surface area contributed by atoms with Crippen LogP contribution in [-0.2, 0) is 16.1 Å². The highest BCUT2D eigenvalue weighted by Gasteiger charge is 2.23. The van der Waals surface area contributed by atoms with Gasteiger partial charge in [-0.1, -0.05) is 12.1 Å². The zero-order valence-corrected chi connectivity index (χ0v) is 14.8. The molecule has 5 nitrogen and oxygen atoms in total. The third kappa shape index (κ3) is 5.03. The zero-order valence-electron chi connectivity index (χ0n) is 14.8. The number of carbonyl (C=O) groups is 1. The first-order valence-electron chi connectivity index (χ1n) is 9.07. The molecule has 5 heteroatoms. The van der Waals surface area contributed by atoms with Crippen LogP contribution in [0.15, 0.2) is 24.3 Å². The molecule has 1 aromatic rings. The number of likely N-dealkylation sites (tertiary alicyclic amines) is 1. The smallest absolute Gasteiger partial charge is 0.238 e. The predicted molar refractivity (Wildman–Crippen MR) is 96.0 cm³/mol. The minimum absolute atomic E-state index is 0.0450. The van der Waals surface area contributed by atoms with Gasteiger partial charge in [0, 0.05) is 25.3 Å². The van der Waals surface area contributed by atoms with Crippen LogP contribution in [0.2, 0.25) is 0 Å². The van der Waals surface area contributed by atoms with E-state index in [1.807, 2.05) is 12.1 Å². The van der Waals surface area contributed by atoms with E-state index in [0.717, 1.165) is 25.3 Å². The molecule has 0 aromatic heterocycles. The number of morpholine rings is 1. The lowest BCUT2D eigenvalue weighted by Gasteiger charge is -2.34. The topological polar surface area (TPSA) is 44.8 Å². The summed E-state index contributed by atoms with van der Waals surface area (Å²) in [6.07, 6.45) is 3.00. The van der Waals surface area contributed by atoms with Gasteiger partial charge in [-0.15, -0.1) is 0 Å². The first kappa shape index (κ1) is 17.4. The van der Waals surface area contributed by atoms with Gasteiger partial charge in [0.25, 0.3) is 0 Å². The lowest BCUT2D eigenvalue weighted by Crippen LogP contribution is -2.48. The van der Waals surface area contributed by atoms with Gasteiger partial charge in [-0.25, -0.2) is 0 Å². The fourth-order valence-corrected chi connectivity index (χ4v) is 3.71. The molecule has 2 fully saturated rings. The molecule has 1 aromatic carbocycles. The molecule has 0 unspecified atom stereocenters. The Morgan fingerprint density at radius 1 is 1.08 bits per heavy atom. The highest BCUT2D eigenvalue weighted by atomic mass is 16.5. The molecule has 2 heterocycles. The SMILES string of the molecule is C[C@@H]1CN(CC(=O)Nc2ccc(CN3CCCC3)cc2)C[C@@H](C)O1. The lowest BCUT2D eigenvalue weighted by molar-refractivity contribution is -0.121. The van der Waals surface area contributed by atoms with Crippen LogP contribution in [0.25, 0.3) is 0 Å². The van der Waals surface area contributed by atoms with Gasteiger partial charge in [-0.3, -0.25) is 14.6 Å². The predicted octanol–water partition coefficient (Wildman–Crippen LogP) is 2.33. The van der Waals surface area contributed by atoms with Crippen LogP contribution in [0.5, 0.6) is 0 Å². The van der Waals surface area contributed by atoms with Crippen molar-refractivity contribution in [2.24, 2.45) is 0 Å². The van der Waals surface area contributed by atoms with Crippen molar-refractivity contribution >= 4 is 11.6 Å². The average Bonchev–Trinajstić information content (AvgIpc) is 3.01. The Kier molecular flexibility index (Phi) is 5.87. The molecule has 2 atom stereocenters. The van der Waals surface area contributed by atoms with Crippen LogP contribution in [0.4, 0.5) is 5.69 Å². The second-order valence-corrected chi connectivity index (χ2v) is 7.18. The van der Waals surface area contributed by atoms with Gasteiger partial charge in [0.1, 0.15) is 0 Å². The molecule has 24 heavy (non-hydrogen) atoms. The van der Waals surface area contributed by atoms with E-state index in [2.05, 4.69) is 41.1 Å². The number of amides is 1. The van der Waals surface area contributed by atoms with Gasteiger partial charge < -0.3 is 10.1 Å². The van der Waals surface area contributed by atoms with Crippen molar-refractivity contribution in [2.45, 2.75) is 45.4 Å². The van der Waals surface area contributed by atoms with Crippen molar-refractivity contribution in [3.05, 3.63) is 29.8 Å². The molecule has 2 aliphatic heterocycles. The third-order valence-corrected chi connectivity index (χ3v) is 4.71. The van der Waals surface area contributed by atoms with Crippen molar-refractivity contribution in [1.29, 1.82) is 0 Å². The third-order valence-electron chi connectivity index (χ3n) is 4.71. The highest BCUT2D eigenvalue weighted by molar-refractivity contribution is 5.92. The number of nitrogens with one attached hydrogen (secondary N) is 1. The molecule has 2 aliphatic rings. The van der Waals surface area contributed by atoms with Crippen molar-refractivity contribution < 1.29 is 9.53 Å². The van der Waals surface area contributed by atoms with Crippen LogP contribution in [0.1, 0.15) is 32.3 Å². The highest BCUT2D eigenvalue weighted by Crippen LogP contribution is 2.16. The molecule has 2 saturated heterocycles. The average molecular weight is 331 g/mol. The van der Waals surface area contributed by atoms with Gasteiger partial charge >= 0.3 is 0 Å². The maximum absolute atomic E-state index is 12.3. The quantitative estimate of drug-likeness (QED) is 0.899. The van der Waals surface area contributed by atoms with Crippen LogP contribution >= 0.6 is 0 Å². The molecule has 0 aliphatic carbocycles. The summed E-state index contributed by atoms with van der Waals surface area (Å²) < 4.78 is 5.71. The van der Waals surface area contributed by atoms with Gasteiger partial charge in [0.15, 0.2) is 0 Å². The van der Waals surface area contributed by atoms with Gasteiger partial charge in [0.2, 0.25) is 5.91 Å². The normalized spacial score (nSPS) is 25.8. The minimum Gasteiger partial charge on any atom is -0.373 e. The number of carbonyl (C=O) groups excluding carboxylic acids is 1. The Labute approximate surface area is 145 Å².